The summed E-state index contributed by atoms with van der Waals surface area (Å²) in [4.78, 5) is 7.76. The van der Waals surface area contributed by atoms with E-state index in [1.54, 1.807) is 12.3 Å². The quantitative estimate of drug-likeness (QED) is 0.685. The first-order valence-corrected chi connectivity index (χ1v) is 7.56. The first-order chi connectivity index (χ1) is 8.43. The highest BCUT2D eigenvalue weighted by Crippen LogP contribution is 2.03. The minimum absolute atomic E-state index is 0.214. The average Bonchev–Trinajstić information content (AvgIpc) is 2.27. The van der Waals surface area contributed by atoms with Gasteiger partial charge in [0.15, 0.2) is 0 Å². The summed E-state index contributed by atoms with van der Waals surface area (Å²) in [5.41, 5.74) is 5.44. The molecular formula is C10H19N5O2S. The van der Waals surface area contributed by atoms with E-state index in [0.717, 1.165) is 0 Å². The summed E-state index contributed by atoms with van der Waals surface area (Å²) in [6.07, 6.45) is 3.49. The fourth-order valence-electron chi connectivity index (χ4n) is 1.50. The van der Waals surface area contributed by atoms with Crippen molar-refractivity contribution in [3.63, 3.8) is 0 Å². The van der Waals surface area contributed by atoms with E-state index in [9.17, 15) is 8.42 Å². The Kier molecular flexibility index (Phi) is 5.29. The molecule has 1 aromatic heterocycles. The lowest BCUT2D eigenvalue weighted by atomic mass is 10.4. The van der Waals surface area contributed by atoms with Crippen LogP contribution in [0.4, 0.5) is 11.8 Å². The zero-order valence-electron chi connectivity index (χ0n) is 10.6. The Balaban J connectivity index is 2.35. The molecule has 0 aliphatic heterocycles. The molecule has 0 atom stereocenters. The molecule has 0 radical (unpaired) electrons. The molecule has 3 N–H and O–H groups in total. The van der Waals surface area contributed by atoms with E-state index < -0.39 is 10.0 Å². The SMILES string of the molecule is CCN(CCCNc1ccnc(N)n1)S(C)(=O)=O. The molecule has 18 heavy (non-hydrogen) atoms. The second-order valence-electron chi connectivity index (χ2n) is 3.84. The van der Waals surface area contributed by atoms with Crippen molar-refractivity contribution in [2.75, 3.05) is 36.9 Å². The summed E-state index contributed by atoms with van der Waals surface area (Å²) in [6, 6.07) is 1.71. The van der Waals surface area contributed by atoms with Crippen molar-refractivity contribution in [2.24, 2.45) is 0 Å². The molecule has 0 saturated heterocycles. The first kappa shape index (κ1) is 14.7. The van der Waals surface area contributed by atoms with Gasteiger partial charge in [0.05, 0.1) is 6.26 Å². The maximum Gasteiger partial charge on any atom is 0.221 e. The van der Waals surface area contributed by atoms with E-state index in [0.29, 0.717) is 31.9 Å². The monoisotopic (exact) mass is 273 g/mol. The number of nitrogens with two attached hydrogens (primary N) is 1. The second kappa shape index (κ2) is 6.50. The number of anilines is 2. The third-order valence-corrected chi connectivity index (χ3v) is 3.77. The highest BCUT2D eigenvalue weighted by Gasteiger charge is 2.12. The van der Waals surface area contributed by atoms with Gasteiger partial charge >= 0.3 is 0 Å². The maximum absolute atomic E-state index is 11.3. The minimum Gasteiger partial charge on any atom is -0.370 e. The Morgan fingerprint density at radius 1 is 1.50 bits per heavy atom. The normalized spacial score (nSPS) is 11.7. The predicted molar refractivity (Wildman–Crippen MR) is 71.6 cm³/mol. The van der Waals surface area contributed by atoms with Crippen LogP contribution in [0.3, 0.4) is 0 Å². The molecule has 1 rings (SSSR count). The molecule has 8 heteroatoms. The Bertz CT molecular complexity index is 477. The van der Waals surface area contributed by atoms with Crippen LogP contribution in [-0.4, -0.2) is 48.6 Å². The fourth-order valence-corrected chi connectivity index (χ4v) is 2.43. The topological polar surface area (TPSA) is 101 Å². The lowest BCUT2D eigenvalue weighted by molar-refractivity contribution is 0.428. The first-order valence-electron chi connectivity index (χ1n) is 5.71. The summed E-state index contributed by atoms with van der Waals surface area (Å²) in [6.45, 7) is 3.42. The Hall–Kier alpha value is -1.41. The predicted octanol–water partition coefficient (Wildman–Crippen LogP) is 0.142. The van der Waals surface area contributed by atoms with Crippen LogP contribution in [0.5, 0.6) is 0 Å². The molecular weight excluding hydrogens is 254 g/mol. The molecule has 0 aromatic carbocycles. The van der Waals surface area contributed by atoms with Gasteiger partial charge in [-0.1, -0.05) is 6.92 Å². The van der Waals surface area contributed by atoms with Gasteiger partial charge in [0, 0.05) is 25.8 Å². The van der Waals surface area contributed by atoms with Crippen LogP contribution in [0.25, 0.3) is 0 Å². The number of nitrogens with zero attached hydrogens (tertiary/aromatic N) is 3. The fraction of sp³-hybridized carbons (Fsp3) is 0.600. The molecule has 0 bridgehead atoms. The summed E-state index contributed by atoms with van der Waals surface area (Å²) in [5, 5.41) is 3.06. The highest BCUT2D eigenvalue weighted by atomic mass is 32.2. The smallest absolute Gasteiger partial charge is 0.221 e. The summed E-state index contributed by atoms with van der Waals surface area (Å²) in [5.74, 6) is 0.858. The number of nitrogen functional groups attached to an aromatic ring is 1. The number of aromatic nitrogens is 2. The largest absolute Gasteiger partial charge is 0.370 e. The second-order valence-corrected chi connectivity index (χ2v) is 5.82. The average molecular weight is 273 g/mol. The van der Waals surface area contributed by atoms with Gasteiger partial charge in [-0.2, -0.15) is 4.98 Å². The summed E-state index contributed by atoms with van der Waals surface area (Å²) < 4.78 is 24.1. The number of rotatable bonds is 7. The van der Waals surface area contributed by atoms with E-state index in [2.05, 4.69) is 15.3 Å². The third-order valence-electron chi connectivity index (χ3n) is 2.39. The third kappa shape index (κ3) is 4.84. The van der Waals surface area contributed by atoms with Crippen LogP contribution in [0.1, 0.15) is 13.3 Å². The van der Waals surface area contributed by atoms with Crippen molar-refractivity contribution < 1.29 is 8.42 Å². The van der Waals surface area contributed by atoms with Crippen LogP contribution < -0.4 is 11.1 Å². The standard InChI is InChI=1S/C10H19N5O2S/c1-3-15(18(2,16)17)8-4-6-12-9-5-7-13-10(11)14-9/h5,7H,3-4,6,8H2,1-2H3,(H3,11,12,13,14). The van der Waals surface area contributed by atoms with Crippen LogP contribution in [0.2, 0.25) is 0 Å². The Morgan fingerprint density at radius 3 is 2.78 bits per heavy atom. The van der Waals surface area contributed by atoms with Crippen LogP contribution in [-0.2, 0) is 10.0 Å². The molecule has 1 heterocycles. The van der Waals surface area contributed by atoms with Gasteiger partial charge in [0.2, 0.25) is 16.0 Å². The number of nitrogens with one attached hydrogen (secondary N) is 1. The van der Waals surface area contributed by atoms with Gasteiger partial charge in [0.1, 0.15) is 5.82 Å². The number of hydrogen-bond donors (Lipinski definition) is 2. The van der Waals surface area contributed by atoms with E-state index >= 15 is 0 Å². The van der Waals surface area contributed by atoms with E-state index in [1.807, 2.05) is 6.92 Å². The highest BCUT2D eigenvalue weighted by molar-refractivity contribution is 7.88. The van der Waals surface area contributed by atoms with Gasteiger partial charge < -0.3 is 11.1 Å². The Labute approximate surface area is 107 Å². The van der Waals surface area contributed by atoms with E-state index in [1.165, 1.54) is 10.6 Å². The van der Waals surface area contributed by atoms with Crippen molar-refractivity contribution in [1.82, 2.24) is 14.3 Å². The van der Waals surface area contributed by atoms with Crippen LogP contribution >= 0.6 is 0 Å². The summed E-state index contributed by atoms with van der Waals surface area (Å²) in [7, 11) is -3.11. The van der Waals surface area contributed by atoms with Crippen molar-refractivity contribution in [2.45, 2.75) is 13.3 Å². The molecule has 7 nitrogen and oxygen atoms in total. The molecule has 0 unspecified atom stereocenters. The van der Waals surface area contributed by atoms with Crippen molar-refractivity contribution in [3.8, 4) is 0 Å². The molecule has 102 valence electrons. The van der Waals surface area contributed by atoms with E-state index in [4.69, 9.17) is 5.73 Å². The van der Waals surface area contributed by atoms with Crippen LogP contribution in [0, 0.1) is 0 Å². The molecule has 0 aliphatic carbocycles. The zero-order chi connectivity index (χ0) is 13.6. The minimum atomic E-state index is -3.11. The molecule has 0 spiro atoms. The van der Waals surface area contributed by atoms with Gasteiger partial charge in [-0.25, -0.2) is 17.7 Å². The Morgan fingerprint density at radius 2 is 2.22 bits per heavy atom. The zero-order valence-corrected chi connectivity index (χ0v) is 11.4. The number of sulfonamides is 1. The van der Waals surface area contributed by atoms with Gasteiger partial charge in [-0.05, 0) is 12.5 Å². The molecule has 0 amide bonds. The number of hydrogen-bond acceptors (Lipinski definition) is 6. The lowest BCUT2D eigenvalue weighted by Gasteiger charge is -2.17. The summed E-state index contributed by atoms with van der Waals surface area (Å²) >= 11 is 0. The van der Waals surface area contributed by atoms with Crippen molar-refractivity contribution in [3.05, 3.63) is 12.3 Å². The van der Waals surface area contributed by atoms with Crippen molar-refractivity contribution >= 4 is 21.8 Å². The molecule has 0 saturated carbocycles. The van der Waals surface area contributed by atoms with Gasteiger partial charge in [-0.15, -0.1) is 0 Å². The lowest BCUT2D eigenvalue weighted by Crippen LogP contribution is -2.31. The van der Waals surface area contributed by atoms with Crippen molar-refractivity contribution in [1.29, 1.82) is 0 Å². The van der Waals surface area contributed by atoms with E-state index in [-0.39, 0.29) is 5.95 Å². The maximum atomic E-state index is 11.3. The molecule has 0 aliphatic rings. The molecule has 0 fully saturated rings. The van der Waals surface area contributed by atoms with Crippen LogP contribution in [0.15, 0.2) is 12.3 Å². The van der Waals surface area contributed by atoms with Gasteiger partial charge in [-0.3, -0.25) is 0 Å². The van der Waals surface area contributed by atoms with Gasteiger partial charge in [0.25, 0.3) is 0 Å². The molecule has 1 aromatic rings.